The molecule has 1 aromatic carbocycles. The fourth-order valence-corrected chi connectivity index (χ4v) is 10.5. The topological polar surface area (TPSA) is 124 Å². The molecule has 2 aromatic heterocycles. The molecule has 2 bridgehead atoms. The summed E-state index contributed by atoms with van der Waals surface area (Å²) in [7, 11) is -1.39. The van der Waals surface area contributed by atoms with Crippen LogP contribution in [-0.2, 0) is 24.8 Å². The van der Waals surface area contributed by atoms with Crippen molar-refractivity contribution < 1.29 is 31.9 Å². The van der Waals surface area contributed by atoms with Crippen molar-refractivity contribution in [2.24, 2.45) is 17.3 Å². The van der Waals surface area contributed by atoms with Crippen LogP contribution in [0.4, 0.5) is 15.0 Å². The molecule has 0 spiro atoms. The van der Waals surface area contributed by atoms with Gasteiger partial charge in [-0.15, -0.1) is 0 Å². The van der Waals surface area contributed by atoms with E-state index in [1.165, 1.54) is 18.0 Å². The lowest BCUT2D eigenvalue weighted by Gasteiger charge is -2.55. The summed E-state index contributed by atoms with van der Waals surface area (Å²) in [4.78, 5) is 35.4. The van der Waals surface area contributed by atoms with Crippen LogP contribution in [0.5, 0.6) is 5.75 Å². The second-order valence-corrected chi connectivity index (χ2v) is 19.1. The number of hydrogen-bond donors (Lipinski definition) is 0. The predicted octanol–water partition coefficient (Wildman–Crippen LogP) is 7.28. The molecule has 5 fully saturated rings. The summed E-state index contributed by atoms with van der Waals surface area (Å²) in [6, 6.07) is 8.41. The van der Waals surface area contributed by atoms with Gasteiger partial charge in [-0.1, -0.05) is 12.1 Å². The van der Waals surface area contributed by atoms with Crippen molar-refractivity contribution in [3.8, 4) is 16.9 Å². The molecule has 1 aliphatic heterocycles. The van der Waals surface area contributed by atoms with Gasteiger partial charge in [0.2, 0.25) is 5.91 Å². The van der Waals surface area contributed by atoms with Crippen molar-refractivity contribution in [2.45, 2.75) is 103 Å². The number of rotatable bonds is 11. The number of aryl methyl sites for hydroxylation is 1. The van der Waals surface area contributed by atoms with Crippen LogP contribution in [0.2, 0.25) is 0 Å². The second kappa shape index (κ2) is 14.9. The van der Waals surface area contributed by atoms with Gasteiger partial charge in [0.1, 0.15) is 33.3 Å². The smallest absolute Gasteiger partial charge is 0.410 e. The Balaban J connectivity index is 1.07. The minimum absolute atomic E-state index is 0.0170. The Kier molecular flexibility index (Phi) is 10.6. The van der Waals surface area contributed by atoms with E-state index >= 15 is 4.39 Å². The Morgan fingerprint density at radius 3 is 2.30 bits per heavy atom. The summed E-state index contributed by atoms with van der Waals surface area (Å²) in [5, 5.41) is 4.43. The predicted molar refractivity (Wildman–Crippen MR) is 205 cm³/mol. The van der Waals surface area contributed by atoms with Gasteiger partial charge in [0.15, 0.2) is 0 Å². The summed E-state index contributed by atoms with van der Waals surface area (Å²) in [5.41, 5.74) is 3.56. The monoisotopic (exact) mass is 763 g/mol. The van der Waals surface area contributed by atoms with Gasteiger partial charge in [0, 0.05) is 61.1 Å². The molecule has 2 amide bonds. The molecule has 8 rings (SSSR count). The van der Waals surface area contributed by atoms with Gasteiger partial charge < -0.3 is 14.4 Å². The average Bonchev–Trinajstić information content (AvgIpc) is 3.63. The first-order chi connectivity index (χ1) is 25.7. The molecule has 0 radical (unpaired) electrons. The second-order valence-electron chi connectivity index (χ2n) is 16.9. The van der Waals surface area contributed by atoms with Crippen molar-refractivity contribution in [1.82, 2.24) is 19.7 Å². The zero-order valence-corrected chi connectivity index (χ0v) is 33.0. The minimum atomic E-state index is -3.10. The van der Waals surface area contributed by atoms with E-state index in [1.54, 1.807) is 29.0 Å². The van der Waals surface area contributed by atoms with E-state index < -0.39 is 21.7 Å². The lowest BCUT2D eigenvalue weighted by Crippen LogP contribution is -2.53. The number of anilines is 1. The molecule has 0 atom stereocenters. The fourth-order valence-electron chi connectivity index (χ4n) is 9.42. The third kappa shape index (κ3) is 7.88. The molecule has 54 heavy (non-hydrogen) atoms. The third-order valence-corrected chi connectivity index (χ3v) is 13.8. The summed E-state index contributed by atoms with van der Waals surface area (Å²) >= 11 is 0. The molecule has 4 aliphatic carbocycles. The number of benzene rings is 1. The van der Waals surface area contributed by atoms with Crippen LogP contribution < -0.4 is 9.64 Å². The maximum absolute atomic E-state index is 15.4. The number of aromatic nitrogens is 3. The van der Waals surface area contributed by atoms with E-state index in [9.17, 15) is 18.0 Å². The van der Waals surface area contributed by atoms with Gasteiger partial charge in [-0.05, 0) is 119 Å². The maximum Gasteiger partial charge on any atom is 0.410 e. The van der Waals surface area contributed by atoms with E-state index in [0.29, 0.717) is 62.3 Å². The molecular formula is C41H54FN5O6S. The average molecular weight is 764 g/mol. The molecule has 1 saturated heterocycles. The quantitative estimate of drug-likeness (QED) is 0.200. The molecule has 0 unspecified atom stereocenters. The van der Waals surface area contributed by atoms with E-state index in [-0.39, 0.29) is 46.5 Å². The number of ether oxygens (including phenoxy) is 2. The Morgan fingerprint density at radius 2 is 1.70 bits per heavy atom. The molecule has 5 aliphatic rings. The van der Waals surface area contributed by atoms with Crippen LogP contribution in [0.25, 0.3) is 11.1 Å². The number of carbonyl (C=O) groups excluding carboxylic acids is 2. The van der Waals surface area contributed by atoms with Crippen molar-refractivity contribution >= 4 is 27.7 Å². The summed E-state index contributed by atoms with van der Waals surface area (Å²) in [6.07, 6.45) is 13.5. The number of likely N-dealkylation sites (tertiary alicyclic amines) is 1. The number of methoxy groups -OCH3 is 1. The molecule has 13 heteroatoms. The van der Waals surface area contributed by atoms with E-state index in [0.717, 1.165) is 49.8 Å². The van der Waals surface area contributed by atoms with Gasteiger partial charge in [0.25, 0.3) is 0 Å². The van der Waals surface area contributed by atoms with Gasteiger partial charge in [-0.2, -0.15) is 5.10 Å². The summed E-state index contributed by atoms with van der Waals surface area (Å²) in [6.45, 7) is 7.40. The lowest BCUT2D eigenvalue weighted by molar-refractivity contribution is -0.124. The summed E-state index contributed by atoms with van der Waals surface area (Å²) in [5.74, 6) is 0.590. The van der Waals surface area contributed by atoms with Crippen molar-refractivity contribution in [3.63, 3.8) is 0 Å². The van der Waals surface area contributed by atoms with Crippen molar-refractivity contribution in [2.75, 3.05) is 43.7 Å². The number of carbonyl (C=O) groups is 2. The zero-order valence-electron chi connectivity index (χ0n) is 32.2. The standard InChI is InChI=1S/C41H54FN5O6S/c1-27(2)47-24-31(20-44-47)34-19-37(43-21-35(34)42)46(26-40-12-15-41(16-13-40,17-14-40)32-8-11-36(52-4)28(3)18-32)38(48)30-6-9-33(10-7-30)53-39(49)45-22-29(23-45)25-54(5,50)51/h8,11,18-21,24,27,29-30,33H,6-7,9-10,12-17,22-23,25-26H2,1-5H3. The van der Waals surface area contributed by atoms with Gasteiger partial charge in [-0.3, -0.25) is 14.4 Å². The van der Waals surface area contributed by atoms with E-state index in [1.807, 2.05) is 24.9 Å². The highest BCUT2D eigenvalue weighted by Crippen LogP contribution is 2.58. The van der Waals surface area contributed by atoms with Crippen molar-refractivity contribution in [1.29, 1.82) is 0 Å². The van der Waals surface area contributed by atoms with Crippen LogP contribution in [-0.4, -0.2) is 84.9 Å². The molecule has 3 aromatic rings. The van der Waals surface area contributed by atoms with E-state index in [4.69, 9.17) is 9.47 Å². The number of pyridine rings is 1. The van der Waals surface area contributed by atoms with Crippen LogP contribution >= 0.6 is 0 Å². The Bertz CT molecular complexity index is 1960. The van der Waals surface area contributed by atoms with E-state index in [2.05, 4.69) is 35.2 Å². The number of nitrogens with zero attached hydrogens (tertiary/aromatic N) is 5. The highest BCUT2D eigenvalue weighted by Gasteiger charge is 2.51. The van der Waals surface area contributed by atoms with Crippen LogP contribution in [0.3, 0.4) is 0 Å². The highest BCUT2D eigenvalue weighted by molar-refractivity contribution is 7.90. The molecule has 292 valence electrons. The number of halogens is 1. The van der Waals surface area contributed by atoms with Crippen molar-refractivity contribution in [3.05, 3.63) is 59.8 Å². The number of hydrogen-bond acceptors (Lipinski definition) is 8. The molecule has 11 nitrogen and oxygen atoms in total. The van der Waals surface area contributed by atoms with Crippen LogP contribution in [0, 0.1) is 30.0 Å². The van der Waals surface area contributed by atoms with Gasteiger partial charge >= 0.3 is 6.09 Å². The molecule has 4 saturated carbocycles. The fraction of sp³-hybridized carbons (Fsp3) is 0.610. The first-order valence-corrected chi connectivity index (χ1v) is 21.5. The largest absolute Gasteiger partial charge is 0.496 e. The normalized spacial score (nSPS) is 25.7. The summed E-state index contributed by atoms with van der Waals surface area (Å²) < 4.78 is 51.8. The SMILES string of the molecule is COc1ccc(C23CCC(CN(C(=O)C4CCC(OC(=O)N5CC(CS(C)(=O)=O)C5)CC4)c4cc(-c5cnn(C(C)C)c5)c(F)cn4)(CC2)CC3)cc1C. The van der Waals surface area contributed by atoms with Crippen LogP contribution in [0.1, 0.15) is 95.2 Å². The zero-order chi connectivity index (χ0) is 38.4. The van der Waals surface area contributed by atoms with Gasteiger partial charge in [0.05, 0.1) is 25.3 Å². The highest BCUT2D eigenvalue weighted by atomic mass is 32.2. The Morgan fingerprint density at radius 1 is 1.02 bits per heavy atom. The van der Waals surface area contributed by atoms with Crippen LogP contribution in [0.15, 0.2) is 42.9 Å². The molecule has 3 heterocycles. The first kappa shape index (κ1) is 38.3. The maximum atomic E-state index is 15.4. The Labute approximate surface area is 318 Å². The minimum Gasteiger partial charge on any atom is -0.496 e. The molecular weight excluding hydrogens is 710 g/mol. The number of amides is 2. The number of sulfone groups is 1. The number of fused-ring (bicyclic) bond motifs is 3. The Hall–Kier alpha value is -4.00. The third-order valence-electron chi connectivity index (χ3n) is 12.8. The first-order valence-electron chi connectivity index (χ1n) is 19.5. The molecule has 0 N–H and O–H groups in total. The lowest BCUT2D eigenvalue weighted by atomic mass is 9.51. The van der Waals surface area contributed by atoms with Gasteiger partial charge in [-0.25, -0.2) is 22.6 Å².